The quantitative estimate of drug-likeness (QED) is 0.620. The van der Waals surface area contributed by atoms with Gasteiger partial charge in [-0.2, -0.15) is 0 Å². The molecule has 0 amide bonds. The Hall–Kier alpha value is -1.05. The Bertz CT molecular complexity index is 614. The standard InChI is InChI=1S/C19H21NSe.ClH/c1-20(2)13-7-11-17-16-9-4-3-8-15(16)14-21-19-12-6-5-10-18(17)19;/h3-6,8-12H,7,13-14H2,1-2H3;1H/b17-11+;. The van der Waals surface area contributed by atoms with Crippen LogP contribution in [-0.2, 0) is 5.32 Å². The molecule has 0 unspecified atom stereocenters. The van der Waals surface area contributed by atoms with Crippen LogP contribution in [0.3, 0.4) is 0 Å². The Morgan fingerprint density at radius 2 is 1.68 bits per heavy atom. The fraction of sp³-hybridized carbons (Fsp3) is 0.263. The number of quaternary nitrogens is 1. The zero-order chi connectivity index (χ0) is 14.7. The van der Waals surface area contributed by atoms with Gasteiger partial charge in [0.15, 0.2) is 0 Å². The number of halogens is 1. The van der Waals surface area contributed by atoms with E-state index >= 15 is 0 Å². The smallest absolute Gasteiger partial charge is 1.00 e. The maximum atomic E-state index is 2.45. The van der Waals surface area contributed by atoms with E-state index in [1.54, 1.807) is 4.46 Å². The van der Waals surface area contributed by atoms with Gasteiger partial charge in [0.25, 0.3) is 0 Å². The minimum Gasteiger partial charge on any atom is -1.00 e. The van der Waals surface area contributed by atoms with E-state index in [-0.39, 0.29) is 12.4 Å². The molecule has 0 radical (unpaired) electrons. The molecular weight excluding hydrogens is 357 g/mol. The van der Waals surface area contributed by atoms with Gasteiger partial charge in [0.2, 0.25) is 0 Å². The fourth-order valence-corrected chi connectivity index (χ4v) is 5.00. The first-order valence-corrected chi connectivity index (χ1v) is 9.62. The third kappa shape index (κ3) is 3.83. The average molecular weight is 379 g/mol. The second-order valence-corrected chi connectivity index (χ2v) is 7.94. The summed E-state index contributed by atoms with van der Waals surface area (Å²) in [6, 6.07) is 17.9. The molecule has 1 aliphatic heterocycles. The van der Waals surface area contributed by atoms with Crippen LogP contribution in [0.1, 0.15) is 23.1 Å². The number of fused-ring (bicyclic) bond motifs is 2. The third-order valence-electron chi connectivity index (χ3n) is 3.86. The van der Waals surface area contributed by atoms with E-state index in [0.717, 1.165) is 6.42 Å². The molecule has 116 valence electrons. The topological polar surface area (TPSA) is 4.44 Å². The van der Waals surface area contributed by atoms with Gasteiger partial charge in [0.05, 0.1) is 0 Å². The number of rotatable bonds is 3. The van der Waals surface area contributed by atoms with E-state index in [1.165, 1.54) is 39.0 Å². The van der Waals surface area contributed by atoms with Gasteiger partial charge in [0.1, 0.15) is 0 Å². The van der Waals surface area contributed by atoms with Gasteiger partial charge < -0.3 is 12.4 Å². The van der Waals surface area contributed by atoms with E-state index in [9.17, 15) is 0 Å². The zero-order valence-electron chi connectivity index (χ0n) is 13.1. The largest absolute Gasteiger partial charge is 1.00 e. The summed E-state index contributed by atoms with van der Waals surface area (Å²) in [6.07, 6.45) is 3.58. The summed E-state index contributed by atoms with van der Waals surface area (Å²) in [7, 11) is 4.44. The fourth-order valence-electron chi connectivity index (χ4n) is 2.75. The number of nitrogens with one attached hydrogen (secondary N) is 1. The summed E-state index contributed by atoms with van der Waals surface area (Å²) in [5.74, 6) is 0. The van der Waals surface area contributed by atoms with E-state index in [1.807, 2.05) is 0 Å². The van der Waals surface area contributed by atoms with Crippen molar-refractivity contribution in [3.05, 3.63) is 71.3 Å². The molecule has 0 bridgehead atoms. The zero-order valence-corrected chi connectivity index (χ0v) is 15.6. The van der Waals surface area contributed by atoms with Crippen LogP contribution in [0.2, 0.25) is 0 Å². The van der Waals surface area contributed by atoms with Crippen molar-refractivity contribution in [2.24, 2.45) is 0 Å². The van der Waals surface area contributed by atoms with Crippen molar-refractivity contribution in [2.75, 3.05) is 20.6 Å². The van der Waals surface area contributed by atoms with Crippen LogP contribution in [-0.4, -0.2) is 35.6 Å². The monoisotopic (exact) mass is 379 g/mol. The van der Waals surface area contributed by atoms with Crippen molar-refractivity contribution in [1.29, 1.82) is 0 Å². The summed E-state index contributed by atoms with van der Waals surface area (Å²) in [6.45, 7) is 1.18. The van der Waals surface area contributed by atoms with Crippen LogP contribution in [0.25, 0.3) is 5.57 Å². The SMILES string of the molecule is C[NH+](C)CC/C=C1\c2ccccc2C[Se]c2ccccc21.[Cl-]. The molecule has 22 heavy (non-hydrogen) atoms. The Labute approximate surface area is 146 Å². The van der Waals surface area contributed by atoms with Gasteiger partial charge in [0, 0.05) is 0 Å². The van der Waals surface area contributed by atoms with Crippen molar-refractivity contribution >= 4 is 25.0 Å². The van der Waals surface area contributed by atoms with Crippen molar-refractivity contribution in [3.63, 3.8) is 0 Å². The summed E-state index contributed by atoms with van der Waals surface area (Å²) < 4.78 is 1.55. The molecule has 0 aromatic heterocycles. The Morgan fingerprint density at radius 1 is 1.00 bits per heavy atom. The molecule has 0 fully saturated rings. The summed E-state index contributed by atoms with van der Waals surface area (Å²) >= 11 is 0.537. The van der Waals surface area contributed by atoms with Crippen LogP contribution in [0.15, 0.2) is 54.6 Å². The average Bonchev–Trinajstić information content (AvgIpc) is 2.65. The van der Waals surface area contributed by atoms with E-state index in [0.29, 0.717) is 15.0 Å². The van der Waals surface area contributed by atoms with Gasteiger partial charge in [-0.15, -0.1) is 0 Å². The molecule has 3 rings (SSSR count). The van der Waals surface area contributed by atoms with Crippen molar-refractivity contribution in [1.82, 2.24) is 0 Å². The van der Waals surface area contributed by atoms with Gasteiger partial charge >= 0.3 is 134 Å². The van der Waals surface area contributed by atoms with Gasteiger partial charge in [-0.05, 0) is 0 Å². The predicted molar refractivity (Wildman–Crippen MR) is 91.3 cm³/mol. The maximum Gasteiger partial charge on any atom is -1.00 e. The number of benzene rings is 2. The first-order valence-electron chi connectivity index (χ1n) is 7.55. The maximum absolute atomic E-state index is 2.45. The molecule has 0 saturated heterocycles. The van der Waals surface area contributed by atoms with Gasteiger partial charge in [-0.3, -0.25) is 0 Å². The Balaban J connectivity index is 0.00000176. The second kappa shape index (κ2) is 7.99. The summed E-state index contributed by atoms with van der Waals surface area (Å²) in [4.78, 5) is 1.51. The molecule has 0 saturated carbocycles. The van der Waals surface area contributed by atoms with Crippen LogP contribution in [0.4, 0.5) is 0 Å². The molecule has 3 heteroatoms. The van der Waals surface area contributed by atoms with Crippen molar-refractivity contribution in [3.8, 4) is 0 Å². The van der Waals surface area contributed by atoms with Crippen LogP contribution >= 0.6 is 0 Å². The van der Waals surface area contributed by atoms with Gasteiger partial charge in [-0.25, -0.2) is 0 Å². The van der Waals surface area contributed by atoms with Crippen molar-refractivity contribution < 1.29 is 17.3 Å². The molecule has 0 spiro atoms. The molecule has 0 atom stereocenters. The molecule has 0 aliphatic carbocycles. The molecule has 1 aliphatic rings. The Kier molecular flexibility index (Phi) is 6.28. The van der Waals surface area contributed by atoms with Crippen LogP contribution in [0, 0.1) is 0 Å². The Morgan fingerprint density at radius 3 is 2.45 bits per heavy atom. The summed E-state index contributed by atoms with van der Waals surface area (Å²) in [5, 5.41) is 1.20. The van der Waals surface area contributed by atoms with Gasteiger partial charge in [-0.1, -0.05) is 0 Å². The van der Waals surface area contributed by atoms with E-state index in [4.69, 9.17) is 0 Å². The number of hydrogen-bond donors (Lipinski definition) is 1. The first kappa shape index (κ1) is 17.3. The number of hydrogen-bond acceptors (Lipinski definition) is 0. The van der Waals surface area contributed by atoms with E-state index < -0.39 is 0 Å². The van der Waals surface area contributed by atoms with Crippen LogP contribution < -0.4 is 21.8 Å². The predicted octanol–water partition coefficient (Wildman–Crippen LogP) is -1.50. The second-order valence-electron chi connectivity index (χ2n) is 5.81. The summed E-state index contributed by atoms with van der Waals surface area (Å²) in [5.41, 5.74) is 5.85. The molecule has 2 aromatic rings. The molecule has 1 N–H and O–H groups in total. The van der Waals surface area contributed by atoms with E-state index in [2.05, 4.69) is 68.7 Å². The van der Waals surface area contributed by atoms with Crippen LogP contribution in [0.5, 0.6) is 0 Å². The minimum absolute atomic E-state index is 0. The molecular formula is C19H22ClNSe. The third-order valence-corrected chi connectivity index (χ3v) is 6.22. The molecule has 2 aromatic carbocycles. The first-order chi connectivity index (χ1) is 10.3. The normalized spacial score (nSPS) is 15.0. The minimum atomic E-state index is 0. The molecule has 1 nitrogen and oxygen atoms in total. The molecule has 1 heterocycles. The van der Waals surface area contributed by atoms with Crippen molar-refractivity contribution in [2.45, 2.75) is 11.7 Å².